The second-order valence-corrected chi connectivity index (χ2v) is 8.82. The lowest BCUT2D eigenvalue weighted by atomic mass is 10.2. The molecule has 1 aliphatic heterocycles. The minimum atomic E-state index is -0.212. The summed E-state index contributed by atoms with van der Waals surface area (Å²) in [5.74, 6) is 0.340. The highest BCUT2D eigenvalue weighted by Gasteiger charge is 2.31. The van der Waals surface area contributed by atoms with Crippen molar-refractivity contribution in [2.75, 3.05) is 19.0 Å². The number of carbonyl (C=O) groups excluding carboxylic acids is 2. The highest BCUT2D eigenvalue weighted by molar-refractivity contribution is 8.26. The standard InChI is InChI=1S/C21H18Cl2N2O3S2/c1-28-14-6-2-5-13(11-14)12-17-20(27)25(21(29)30-17)10-4-9-18(26)24-16-8-3-7-15(22)19(16)23/h2-3,5-8,11-12H,4,9-10H2,1H3,(H,24,26)/b17-12+. The molecule has 1 aliphatic rings. The van der Waals surface area contributed by atoms with Gasteiger partial charge in [-0.3, -0.25) is 14.5 Å². The van der Waals surface area contributed by atoms with Crippen LogP contribution in [0.5, 0.6) is 5.75 Å². The van der Waals surface area contributed by atoms with Crippen molar-refractivity contribution in [3.63, 3.8) is 0 Å². The molecule has 2 aromatic carbocycles. The Labute approximate surface area is 194 Å². The average Bonchev–Trinajstić information content (AvgIpc) is 2.99. The molecule has 0 unspecified atom stereocenters. The van der Waals surface area contributed by atoms with Gasteiger partial charge in [0.05, 0.1) is 27.7 Å². The Morgan fingerprint density at radius 3 is 2.80 bits per heavy atom. The number of methoxy groups -OCH3 is 1. The monoisotopic (exact) mass is 480 g/mol. The third kappa shape index (κ3) is 5.55. The number of ether oxygens (including phenoxy) is 1. The van der Waals surface area contributed by atoms with Crippen LogP contribution < -0.4 is 10.1 Å². The van der Waals surface area contributed by atoms with E-state index in [2.05, 4.69) is 5.32 Å². The van der Waals surface area contributed by atoms with Gasteiger partial charge in [0, 0.05) is 13.0 Å². The molecule has 0 atom stereocenters. The van der Waals surface area contributed by atoms with E-state index in [0.717, 1.165) is 5.56 Å². The highest BCUT2D eigenvalue weighted by atomic mass is 35.5. The Hall–Kier alpha value is -2.06. The zero-order valence-corrected chi connectivity index (χ0v) is 19.1. The predicted molar refractivity (Wildman–Crippen MR) is 127 cm³/mol. The fourth-order valence-electron chi connectivity index (χ4n) is 2.79. The van der Waals surface area contributed by atoms with Gasteiger partial charge in [0.1, 0.15) is 10.1 Å². The number of anilines is 1. The van der Waals surface area contributed by atoms with Crippen LogP contribution in [-0.2, 0) is 9.59 Å². The van der Waals surface area contributed by atoms with Gasteiger partial charge in [-0.25, -0.2) is 0 Å². The number of nitrogens with zero attached hydrogens (tertiary/aromatic N) is 1. The van der Waals surface area contributed by atoms with E-state index in [1.807, 2.05) is 24.3 Å². The minimum Gasteiger partial charge on any atom is -0.497 e. The number of thiocarbonyl (C=S) groups is 1. The van der Waals surface area contributed by atoms with Crippen LogP contribution in [0.3, 0.4) is 0 Å². The Morgan fingerprint density at radius 1 is 1.27 bits per heavy atom. The van der Waals surface area contributed by atoms with E-state index in [9.17, 15) is 9.59 Å². The van der Waals surface area contributed by atoms with E-state index in [1.165, 1.54) is 16.7 Å². The van der Waals surface area contributed by atoms with Gasteiger partial charge in [-0.15, -0.1) is 0 Å². The Bertz CT molecular complexity index is 1030. The van der Waals surface area contributed by atoms with Crippen LogP contribution in [0.4, 0.5) is 5.69 Å². The van der Waals surface area contributed by atoms with Crippen LogP contribution in [0.15, 0.2) is 47.4 Å². The van der Waals surface area contributed by atoms with Crippen molar-refractivity contribution in [1.29, 1.82) is 0 Å². The maximum Gasteiger partial charge on any atom is 0.266 e. The molecule has 0 radical (unpaired) electrons. The molecule has 1 N–H and O–H groups in total. The van der Waals surface area contributed by atoms with Crippen molar-refractivity contribution in [3.05, 3.63) is 63.0 Å². The first kappa shape index (κ1) is 22.6. The second kappa shape index (κ2) is 10.3. The summed E-state index contributed by atoms with van der Waals surface area (Å²) in [4.78, 5) is 27.0. The molecular weight excluding hydrogens is 463 g/mol. The Balaban J connectivity index is 1.56. The molecule has 0 saturated carbocycles. The van der Waals surface area contributed by atoms with Crippen LogP contribution in [0.1, 0.15) is 18.4 Å². The maximum atomic E-state index is 12.7. The lowest BCUT2D eigenvalue weighted by Crippen LogP contribution is -2.29. The zero-order valence-electron chi connectivity index (χ0n) is 16.0. The molecule has 1 saturated heterocycles. The molecule has 2 amide bonds. The van der Waals surface area contributed by atoms with Gasteiger partial charge in [0.25, 0.3) is 5.91 Å². The van der Waals surface area contributed by atoms with Crippen molar-refractivity contribution < 1.29 is 14.3 Å². The molecule has 0 aliphatic carbocycles. The van der Waals surface area contributed by atoms with E-state index in [0.29, 0.717) is 43.7 Å². The van der Waals surface area contributed by atoms with Gasteiger partial charge in [-0.05, 0) is 42.3 Å². The highest BCUT2D eigenvalue weighted by Crippen LogP contribution is 2.33. The first-order valence-electron chi connectivity index (χ1n) is 9.02. The summed E-state index contributed by atoms with van der Waals surface area (Å²) >= 11 is 18.6. The second-order valence-electron chi connectivity index (χ2n) is 6.36. The molecule has 5 nitrogen and oxygen atoms in total. The summed E-state index contributed by atoms with van der Waals surface area (Å²) in [5.41, 5.74) is 1.31. The Kier molecular flexibility index (Phi) is 7.77. The summed E-state index contributed by atoms with van der Waals surface area (Å²) in [6.45, 7) is 0.358. The molecule has 9 heteroatoms. The summed E-state index contributed by atoms with van der Waals surface area (Å²) < 4.78 is 5.69. The SMILES string of the molecule is COc1cccc(/C=C2/SC(=S)N(CCCC(=O)Nc3cccc(Cl)c3Cl)C2=O)c1. The van der Waals surface area contributed by atoms with Crippen molar-refractivity contribution in [2.45, 2.75) is 12.8 Å². The number of hydrogen-bond acceptors (Lipinski definition) is 5. The maximum absolute atomic E-state index is 12.7. The van der Waals surface area contributed by atoms with Crippen LogP contribution in [0.2, 0.25) is 10.0 Å². The summed E-state index contributed by atoms with van der Waals surface area (Å²) in [7, 11) is 1.59. The van der Waals surface area contributed by atoms with E-state index in [1.54, 1.807) is 31.4 Å². The summed E-state index contributed by atoms with van der Waals surface area (Å²) in [6.07, 6.45) is 2.47. The van der Waals surface area contributed by atoms with Crippen molar-refractivity contribution in [1.82, 2.24) is 4.90 Å². The molecule has 3 rings (SSSR count). The van der Waals surface area contributed by atoms with Crippen LogP contribution in [0, 0.1) is 0 Å². The number of nitrogens with one attached hydrogen (secondary N) is 1. The average molecular weight is 481 g/mol. The fraction of sp³-hybridized carbons (Fsp3) is 0.190. The fourth-order valence-corrected chi connectivity index (χ4v) is 4.44. The molecular formula is C21H18Cl2N2O3S2. The summed E-state index contributed by atoms with van der Waals surface area (Å²) in [5, 5.41) is 3.40. The van der Waals surface area contributed by atoms with Crippen LogP contribution in [-0.4, -0.2) is 34.7 Å². The number of benzene rings is 2. The number of thioether (sulfide) groups is 1. The summed E-state index contributed by atoms with van der Waals surface area (Å²) in [6, 6.07) is 12.5. The first-order valence-corrected chi connectivity index (χ1v) is 11.0. The smallest absolute Gasteiger partial charge is 0.266 e. The minimum absolute atomic E-state index is 0.161. The number of hydrogen-bond donors (Lipinski definition) is 1. The number of halogens is 2. The van der Waals surface area contributed by atoms with Crippen LogP contribution >= 0.6 is 47.2 Å². The quantitative estimate of drug-likeness (QED) is 0.411. The number of rotatable bonds is 7. The predicted octanol–water partition coefficient (Wildman–Crippen LogP) is 5.62. The van der Waals surface area contributed by atoms with Crippen molar-refractivity contribution in [3.8, 4) is 5.75 Å². The lowest BCUT2D eigenvalue weighted by molar-refractivity contribution is -0.122. The van der Waals surface area contributed by atoms with E-state index < -0.39 is 0 Å². The molecule has 0 aromatic heterocycles. The number of carbonyl (C=O) groups is 2. The van der Waals surface area contributed by atoms with Gasteiger partial charge < -0.3 is 10.1 Å². The molecule has 30 heavy (non-hydrogen) atoms. The lowest BCUT2D eigenvalue weighted by Gasteiger charge is -2.14. The van der Waals surface area contributed by atoms with E-state index >= 15 is 0 Å². The first-order chi connectivity index (χ1) is 14.4. The molecule has 2 aromatic rings. The topological polar surface area (TPSA) is 58.6 Å². The zero-order chi connectivity index (χ0) is 21.7. The molecule has 156 valence electrons. The molecule has 0 spiro atoms. The van der Waals surface area contributed by atoms with Crippen molar-refractivity contribution >= 4 is 75.1 Å². The number of amides is 2. The Morgan fingerprint density at radius 2 is 2.03 bits per heavy atom. The van der Waals surface area contributed by atoms with Crippen molar-refractivity contribution in [2.24, 2.45) is 0 Å². The third-order valence-corrected chi connectivity index (χ3v) is 6.47. The van der Waals surface area contributed by atoms with Gasteiger partial charge in [0.2, 0.25) is 5.91 Å². The normalized spacial score (nSPS) is 15.0. The van der Waals surface area contributed by atoms with E-state index in [4.69, 9.17) is 40.2 Å². The molecule has 1 fully saturated rings. The van der Waals surface area contributed by atoms with Gasteiger partial charge in [-0.2, -0.15) is 0 Å². The van der Waals surface area contributed by atoms with E-state index in [-0.39, 0.29) is 18.2 Å². The molecule has 0 bridgehead atoms. The molecule has 1 heterocycles. The van der Waals surface area contributed by atoms with Crippen LogP contribution in [0.25, 0.3) is 6.08 Å². The van der Waals surface area contributed by atoms with Gasteiger partial charge in [0.15, 0.2) is 0 Å². The van der Waals surface area contributed by atoms with Gasteiger partial charge >= 0.3 is 0 Å². The largest absolute Gasteiger partial charge is 0.497 e. The third-order valence-electron chi connectivity index (χ3n) is 4.28. The van der Waals surface area contributed by atoms with Gasteiger partial charge in [-0.1, -0.05) is 65.4 Å².